The molecule has 0 saturated heterocycles. The molecule has 2 rings (SSSR count). The molecule has 4 heteroatoms. The molecule has 1 N–H and O–H groups in total. The standard InChI is InChI=1S/C17H27NO2S/c1-3-6-17(16-9-5-10-16)18-12-14-7-4-8-15(11-14)13-21(2,19)20/h4,7-8,11,16-18H,3,5-6,9-10,12-13H2,1-2H3. The fraction of sp³-hybridized carbons (Fsp3) is 0.647. The second kappa shape index (κ2) is 7.41. The van der Waals surface area contributed by atoms with Crippen LogP contribution >= 0.6 is 0 Å². The summed E-state index contributed by atoms with van der Waals surface area (Å²) in [5, 5.41) is 3.68. The van der Waals surface area contributed by atoms with Gasteiger partial charge in [0.05, 0.1) is 5.75 Å². The summed E-state index contributed by atoms with van der Waals surface area (Å²) in [7, 11) is -2.96. The van der Waals surface area contributed by atoms with E-state index < -0.39 is 9.84 Å². The predicted molar refractivity (Wildman–Crippen MR) is 87.9 cm³/mol. The van der Waals surface area contributed by atoms with Gasteiger partial charge in [0.1, 0.15) is 0 Å². The van der Waals surface area contributed by atoms with E-state index in [1.807, 2.05) is 18.2 Å². The van der Waals surface area contributed by atoms with Crippen molar-refractivity contribution >= 4 is 9.84 Å². The molecule has 3 nitrogen and oxygen atoms in total. The van der Waals surface area contributed by atoms with Gasteiger partial charge < -0.3 is 5.32 Å². The molecule has 118 valence electrons. The lowest BCUT2D eigenvalue weighted by atomic mass is 9.78. The first kappa shape index (κ1) is 16.5. The zero-order valence-electron chi connectivity index (χ0n) is 13.1. The minimum atomic E-state index is -2.96. The van der Waals surface area contributed by atoms with Crippen LogP contribution in [0.5, 0.6) is 0 Å². The molecular weight excluding hydrogens is 282 g/mol. The van der Waals surface area contributed by atoms with Gasteiger partial charge in [-0.05, 0) is 36.3 Å². The molecule has 0 aliphatic heterocycles. The number of rotatable bonds is 8. The van der Waals surface area contributed by atoms with Crippen LogP contribution in [0, 0.1) is 5.92 Å². The van der Waals surface area contributed by atoms with E-state index >= 15 is 0 Å². The Hall–Kier alpha value is -0.870. The molecule has 0 bridgehead atoms. The molecular formula is C17H27NO2S. The van der Waals surface area contributed by atoms with Crippen molar-refractivity contribution in [3.05, 3.63) is 35.4 Å². The summed E-state index contributed by atoms with van der Waals surface area (Å²) in [6.45, 7) is 3.07. The predicted octanol–water partition coefficient (Wildman–Crippen LogP) is 3.29. The first-order chi connectivity index (χ1) is 9.98. The maximum atomic E-state index is 11.4. The van der Waals surface area contributed by atoms with Gasteiger partial charge in [-0.1, -0.05) is 44.0 Å². The maximum Gasteiger partial charge on any atom is 0.151 e. The van der Waals surface area contributed by atoms with E-state index in [0.29, 0.717) is 6.04 Å². The van der Waals surface area contributed by atoms with Gasteiger partial charge in [0, 0.05) is 18.8 Å². The van der Waals surface area contributed by atoms with Crippen molar-refractivity contribution in [2.45, 2.75) is 57.4 Å². The van der Waals surface area contributed by atoms with Gasteiger partial charge in [-0.15, -0.1) is 0 Å². The Morgan fingerprint density at radius 3 is 2.57 bits per heavy atom. The lowest BCUT2D eigenvalue weighted by Gasteiger charge is -2.34. The topological polar surface area (TPSA) is 46.2 Å². The Balaban J connectivity index is 1.93. The van der Waals surface area contributed by atoms with Gasteiger partial charge in [0.25, 0.3) is 0 Å². The molecule has 1 saturated carbocycles. The van der Waals surface area contributed by atoms with E-state index in [9.17, 15) is 8.42 Å². The van der Waals surface area contributed by atoms with Gasteiger partial charge in [0.15, 0.2) is 9.84 Å². The van der Waals surface area contributed by atoms with Crippen molar-refractivity contribution in [3.63, 3.8) is 0 Å². The third-order valence-corrected chi connectivity index (χ3v) is 5.16. The van der Waals surface area contributed by atoms with Crippen molar-refractivity contribution in [3.8, 4) is 0 Å². The molecule has 0 aromatic heterocycles. The number of nitrogens with one attached hydrogen (secondary N) is 1. The van der Waals surface area contributed by atoms with Crippen molar-refractivity contribution < 1.29 is 8.42 Å². The number of sulfone groups is 1. The van der Waals surface area contributed by atoms with Gasteiger partial charge in [-0.2, -0.15) is 0 Å². The zero-order chi connectivity index (χ0) is 15.3. The minimum Gasteiger partial charge on any atom is -0.310 e. The number of hydrogen-bond acceptors (Lipinski definition) is 3. The monoisotopic (exact) mass is 309 g/mol. The van der Waals surface area contributed by atoms with E-state index in [0.717, 1.165) is 18.0 Å². The number of hydrogen-bond donors (Lipinski definition) is 1. The lowest BCUT2D eigenvalue weighted by Crippen LogP contribution is -2.39. The molecule has 0 radical (unpaired) electrons. The van der Waals surface area contributed by atoms with Crippen molar-refractivity contribution in [2.75, 3.05) is 6.26 Å². The highest BCUT2D eigenvalue weighted by molar-refractivity contribution is 7.89. The second-order valence-electron chi connectivity index (χ2n) is 6.36. The summed E-state index contributed by atoms with van der Waals surface area (Å²) in [5.74, 6) is 0.964. The van der Waals surface area contributed by atoms with Crippen LogP contribution < -0.4 is 5.32 Å². The molecule has 21 heavy (non-hydrogen) atoms. The van der Waals surface area contributed by atoms with E-state index in [1.165, 1.54) is 43.9 Å². The summed E-state index contributed by atoms with van der Waals surface area (Å²) in [4.78, 5) is 0. The maximum absolute atomic E-state index is 11.4. The van der Waals surface area contributed by atoms with Crippen LogP contribution in [0.25, 0.3) is 0 Å². The molecule has 1 aliphatic carbocycles. The van der Waals surface area contributed by atoms with E-state index in [2.05, 4.69) is 18.3 Å². The summed E-state index contributed by atoms with van der Waals surface area (Å²) in [6, 6.07) is 8.54. The summed E-state index contributed by atoms with van der Waals surface area (Å²) < 4.78 is 22.8. The highest BCUT2D eigenvalue weighted by Gasteiger charge is 2.25. The normalized spacial score (nSPS) is 17.4. The Morgan fingerprint density at radius 2 is 2.00 bits per heavy atom. The van der Waals surface area contributed by atoms with Crippen LogP contribution in [0.4, 0.5) is 0 Å². The Bertz CT molecular complexity index is 550. The third-order valence-electron chi connectivity index (χ3n) is 4.31. The fourth-order valence-corrected chi connectivity index (χ4v) is 3.82. The van der Waals surface area contributed by atoms with Crippen LogP contribution in [0.15, 0.2) is 24.3 Å². The highest BCUT2D eigenvalue weighted by atomic mass is 32.2. The molecule has 0 spiro atoms. The third kappa shape index (κ3) is 5.44. The quantitative estimate of drug-likeness (QED) is 0.801. The van der Waals surface area contributed by atoms with Crippen LogP contribution in [0.3, 0.4) is 0 Å². The van der Waals surface area contributed by atoms with Crippen molar-refractivity contribution in [2.24, 2.45) is 5.92 Å². The molecule has 0 heterocycles. The highest BCUT2D eigenvalue weighted by Crippen LogP contribution is 2.31. The molecule has 1 unspecified atom stereocenters. The Kier molecular flexibility index (Phi) is 5.82. The van der Waals surface area contributed by atoms with Crippen LogP contribution in [0.1, 0.15) is 50.2 Å². The first-order valence-corrected chi connectivity index (χ1v) is 10.0. The number of benzene rings is 1. The van der Waals surface area contributed by atoms with Gasteiger partial charge in [0.2, 0.25) is 0 Å². The summed E-state index contributed by atoms with van der Waals surface area (Å²) >= 11 is 0. The van der Waals surface area contributed by atoms with E-state index in [1.54, 1.807) is 0 Å². The van der Waals surface area contributed by atoms with Crippen LogP contribution in [-0.2, 0) is 22.1 Å². The average molecular weight is 309 g/mol. The van der Waals surface area contributed by atoms with E-state index in [4.69, 9.17) is 0 Å². The fourth-order valence-electron chi connectivity index (χ4n) is 3.04. The first-order valence-electron chi connectivity index (χ1n) is 7.97. The van der Waals surface area contributed by atoms with Crippen LogP contribution in [-0.4, -0.2) is 20.7 Å². The summed E-state index contributed by atoms with van der Waals surface area (Å²) in [5.41, 5.74) is 2.06. The molecule has 0 amide bonds. The Morgan fingerprint density at radius 1 is 1.29 bits per heavy atom. The van der Waals surface area contributed by atoms with Gasteiger partial charge in [-0.3, -0.25) is 0 Å². The zero-order valence-corrected chi connectivity index (χ0v) is 14.0. The second-order valence-corrected chi connectivity index (χ2v) is 8.50. The Labute approximate surface area is 129 Å². The average Bonchev–Trinajstić information content (AvgIpc) is 2.32. The molecule has 1 aromatic carbocycles. The van der Waals surface area contributed by atoms with Gasteiger partial charge >= 0.3 is 0 Å². The van der Waals surface area contributed by atoms with Crippen molar-refractivity contribution in [1.29, 1.82) is 0 Å². The van der Waals surface area contributed by atoms with Crippen molar-refractivity contribution in [1.82, 2.24) is 5.32 Å². The smallest absolute Gasteiger partial charge is 0.151 e. The lowest BCUT2D eigenvalue weighted by molar-refractivity contribution is 0.217. The van der Waals surface area contributed by atoms with E-state index in [-0.39, 0.29) is 5.75 Å². The molecule has 1 aromatic rings. The minimum absolute atomic E-state index is 0.127. The SMILES string of the molecule is CCCC(NCc1cccc(CS(C)(=O)=O)c1)C1CCC1. The van der Waals surface area contributed by atoms with Gasteiger partial charge in [-0.25, -0.2) is 8.42 Å². The van der Waals surface area contributed by atoms with Crippen LogP contribution in [0.2, 0.25) is 0 Å². The summed E-state index contributed by atoms with van der Waals surface area (Å²) in [6.07, 6.45) is 7.80. The molecule has 1 atom stereocenters. The molecule has 1 fully saturated rings. The largest absolute Gasteiger partial charge is 0.310 e. The molecule has 1 aliphatic rings.